The molecular weight excluding hydrogens is 446 g/mol. The molecule has 0 spiro atoms. The van der Waals surface area contributed by atoms with Crippen molar-refractivity contribution in [2.75, 3.05) is 7.11 Å². The van der Waals surface area contributed by atoms with Gasteiger partial charge in [0.15, 0.2) is 5.78 Å². The summed E-state index contributed by atoms with van der Waals surface area (Å²) in [5.74, 6) is 0.163. The van der Waals surface area contributed by atoms with E-state index in [9.17, 15) is 9.59 Å². The Morgan fingerprint density at radius 1 is 1.09 bits per heavy atom. The summed E-state index contributed by atoms with van der Waals surface area (Å²) in [6.45, 7) is 0.270. The predicted octanol–water partition coefficient (Wildman–Crippen LogP) is 4.96. The predicted molar refractivity (Wildman–Crippen MR) is 126 cm³/mol. The topological polar surface area (TPSA) is 73.2 Å². The maximum absolute atomic E-state index is 13.2. The molecule has 2 heterocycles. The molecule has 8 heteroatoms. The van der Waals surface area contributed by atoms with Crippen LogP contribution in [0.25, 0.3) is 10.4 Å². The van der Waals surface area contributed by atoms with Crippen LogP contribution in [-0.2, 0) is 6.54 Å². The number of hydrogen-bond acceptors (Lipinski definition) is 5. The maximum atomic E-state index is 13.2. The zero-order chi connectivity index (χ0) is 22.5. The van der Waals surface area contributed by atoms with E-state index < -0.39 is 6.04 Å². The second-order valence-corrected chi connectivity index (χ2v) is 8.57. The summed E-state index contributed by atoms with van der Waals surface area (Å²) in [4.78, 5) is 31.7. The number of thiophene rings is 1. The fourth-order valence-corrected chi connectivity index (χ4v) is 4.26. The third-order valence-corrected chi connectivity index (χ3v) is 6.29. The lowest BCUT2D eigenvalue weighted by atomic mass is 10.0. The first-order chi connectivity index (χ1) is 15.5. The number of Topliss-reactive ketones (excluding diaryl/α,β-unsaturated/α-hetero) is 1. The Bertz CT molecular complexity index is 1200. The van der Waals surface area contributed by atoms with Crippen LogP contribution in [0, 0.1) is 0 Å². The van der Waals surface area contributed by atoms with Crippen molar-refractivity contribution in [3.63, 3.8) is 0 Å². The summed E-state index contributed by atoms with van der Waals surface area (Å²) in [5, 5.41) is 3.55. The van der Waals surface area contributed by atoms with Crippen LogP contribution in [0.2, 0.25) is 5.02 Å². The highest BCUT2D eigenvalue weighted by molar-refractivity contribution is 7.17. The minimum Gasteiger partial charge on any atom is -0.497 e. The van der Waals surface area contributed by atoms with Crippen LogP contribution >= 0.6 is 22.9 Å². The van der Waals surface area contributed by atoms with Crippen LogP contribution < -0.4 is 10.1 Å². The van der Waals surface area contributed by atoms with Gasteiger partial charge in [0.1, 0.15) is 11.8 Å². The van der Waals surface area contributed by atoms with E-state index in [4.69, 9.17) is 16.3 Å². The summed E-state index contributed by atoms with van der Waals surface area (Å²) in [6, 6.07) is 17.2. The van der Waals surface area contributed by atoms with E-state index >= 15 is 0 Å². The van der Waals surface area contributed by atoms with Crippen LogP contribution in [0.3, 0.4) is 0 Å². The number of amides is 1. The van der Waals surface area contributed by atoms with Gasteiger partial charge in [-0.2, -0.15) is 0 Å². The van der Waals surface area contributed by atoms with Gasteiger partial charge in [0, 0.05) is 27.9 Å². The molecule has 6 nitrogen and oxygen atoms in total. The van der Waals surface area contributed by atoms with Gasteiger partial charge in [-0.15, -0.1) is 11.3 Å². The minimum absolute atomic E-state index is 0.191. The van der Waals surface area contributed by atoms with E-state index in [1.54, 1.807) is 60.7 Å². The molecule has 1 N–H and O–H groups in total. The zero-order valence-electron chi connectivity index (χ0n) is 17.2. The largest absolute Gasteiger partial charge is 0.497 e. The molecule has 0 aliphatic carbocycles. The van der Waals surface area contributed by atoms with E-state index in [-0.39, 0.29) is 18.2 Å². The minimum atomic E-state index is -0.758. The first-order valence-electron chi connectivity index (χ1n) is 9.84. The van der Waals surface area contributed by atoms with E-state index in [0.29, 0.717) is 21.2 Å². The number of nitrogens with zero attached hydrogens (tertiary/aromatic N) is 2. The number of methoxy groups -OCH3 is 1. The van der Waals surface area contributed by atoms with Gasteiger partial charge >= 0.3 is 0 Å². The Kier molecular flexibility index (Phi) is 6.68. The highest BCUT2D eigenvalue weighted by atomic mass is 35.5. The average Bonchev–Trinajstić information content (AvgIpc) is 3.51. The molecule has 162 valence electrons. The Balaban J connectivity index is 1.54. The number of ketones is 1. The van der Waals surface area contributed by atoms with Gasteiger partial charge in [-0.25, -0.2) is 4.98 Å². The van der Waals surface area contributed by atoms with Crippen molar-refractivity contribution in [2.45, 2.75) is 12.6 Å². The summed E-state index contributed by atoms with van der Waals surface area (Å²) >= 11 is 7.32. The Morgan fingerprint density at radius 2 is 1.84 bits per heavy atom. The number of aromatic nitrogens is 2. The molecule has 0 radical (unpaired) electrons. The molecule has 0 saturated carbocycles. The standard InChI is InChI=1S/C24H20ClN3O3S/c1-31-19-8-4-17(5-9-19)23(29)20(14-28-13-12-26-15-28)27-24(30)22-11-10-21(32-22)16-2-6-18(25)7-3-16/h2-13,15,20H,14H2,1H3,(H,27,30). The van der Waals surface area contributed by atoms with Crippen LogP contribution in [0.1, 0.15) is 20.0 Å². The molecule has 1 unspecified atom stereocenters. The number of ether oxygens (including phenoxy) is 1. The molecule has 0 aliphatic rings. The molecule has 0 aliphatic heterocycles. The number of halogens is 1. The highest BCUT2D eigenvalue weighted by Gasteiger charge is 2.24. The SMILES string of the molecule is COc1ccc(C(=O)C(Cn2ccnc2)NC(=O)c2ccc(-c3ccc(Cl)cc3)s2)cc1. The Labute approximate surface area is 194 Å². The summed E-state index contributed by atoms with van der Waals surface area (Å²) < 4.78 is 6.93. The van der Waals surface area contributed by atoms with Gasteiger partial charge in [0.2, 0.25) is 0 Å². The van der Waals surface area contributed by atoms with Gasteiger partial charge in [-0.05, 0) is 54.1 Å². The molecule has 2 aromatic heterocycles. The normalized spacial score (nSPS) is 11.7. The molecular formula is C24H20ClN3O3S. The highest BCUT2D eigenvalue weighted by Crippen LogP contribution is 2.29. The fraction of sp³-hybridized carbons (Fsp3) is 0.125. The van der Waals surface area contributed by atoms with Crippen LogP contribution in [0.4, 0.5) is 0 Å². The van der Waals surface area contributed by atoms with Gasteiger partial charge < -0.3 is 14.6 Å². The third kappa shape index (κ3) is 5.07. The average molecular weight is 466 g/mol. The van der Waals surface area contributed by atoms with Crippen molar-refractivity contribution in [3.8, 4) is 16.2 Å². The van der Waals surface area contributed by atoms with Crippen LogP contribution in [-0.4, -0.2) is 34.4 Å². The first kappa shape index (κ1) is 21.8. The second kappa shape index (κ2) is 9.80. The van der Waals surface area contributed by atoms with Crippen molar-refractivity contribution in [3.05, 3.63) is 94.8 Å². The molecule has 4 aromatic rings. The first-order valence-corrected chi connectivity index (χ1v) is 11.0. The van der Waals surface area contributed by atoms with Crippen molar-refractivity contribution in [1.29, 1.82) is 0 Å². The van der Waals surface area contributed by atoms with E-state index in [1.807, 2.05) is 30.3 Å². The number of hydrogen-bond donors (Lipinski definition) is 1. The van der Waals surface area contributed by atoms with Crippen molar-refractivity contribution in [2.24, 2.45) is 0 Å². The van der Waals surface area contributed by atoms with E-state index in [1.165, 1.54) is 11.3 Å². The van der Waals surface area contributed by atoms with E-state index in [0.717, 1.165) is 10.4 Å². The van der Waals surface area contributed by atoms with Crippen molar-refractivity contribution in [1.82, 2.24) is 14.9 Å². The Morgan fingerprint density at radius 3 is 2.50 bits per heavy atom. The molecule has 0 saturated heterocycles. The summed E-state index contributed by atoms with van der Waals surface area (Å²) in [6.07, 6.45) is 5.00. The summed E-state index contributed by atoms with van der Waals surface area (Å²) in [5.41, 5.74) is 1.46. The zero-order valence-corrected chi connectivity index (χ0v) is 18.8. The Hall–Kier alpha value is -3.42. The molecule has 2 aromatic carbocycles. The van der Waals surface area contributed by atoms with Gasteiger partial charge in [-0.1, -0.05) is 23.7 Å². The lowest BCUT2D eigenvalue weighted by Crippen LogP contribution is -2.43. The smallest absolute Gasteiger partial charge is 0.262 e. The fourth-order valence-electron chi connectivity index (χ4n) is 3.21. The monoisotopic (exact) mass is 465 g/mol. The number of imidazole rings is 1. The molecule has 4 rings (SSSR count). The van der Waals surface area contributed by atoms with Gasteiger partial charge in [0.05, 0.1) is 24.9 Å². The molecule has 1 amide bonds. The number of carbonyl (C=O) groups excluding carboxylic acids is 2. The van der Waals surface area contributed by atoms with Gasteiger partial charge in [-0.3, -0.25) is 9.59 Å². The molecule has 1 atom stereocenters. The molecule has 0 bridgehead atoms. The lowest BCUT2D eigenvalue weighted by molar-refractivity contribution is 0.0850. The number of benzene rings is 2. The van der Waals surface area contributed by atoms with Gasteiger partial charge in [0.25, 0.3) is 5.91 Å². The van der Waals surface area contributed by atoms with Crippen molar-refractivity contribution < 1.29 is 14.3 Å². The quantitative estimate of drug-likeness (QED) is 0.373. The second-order valence-electron chi connectivity index (χ2n) is 7.05. The van der Waals surface area contributed by atoms with Crippen LogP contribution in [0.5, 0.6) is 5.75 Å². The van der Waals surface area contributed by atoms with Crippen LogP contribution in [0.15, 0.2) is 79.4 Å². The number of nitrogens with one attached hydrogen (secondary N) is 1. The van der Waals surface area contributed by atoms with Crippen molar-refractivity contribution >= 4 is 34.6 Å². The van der Waals surface area contributed by atoms with E-state index in [2.05, 4.69) is 10.3 Å². The molecule has 32 heavy (non-hydrogen) atoms. The number of rotatable bonds is 8. The summed E-state index contributed by atoms with van der Waals surface area (Å²) in [7, 11) is 1.57. The maximum Gasteiger partial charge on any atom is 0.262 e. The number of carbonyl (C=O) groups is 2. The lowest BCUT2D eigenvalue weighted by Gasteiger charge is -2.18. The third-order valence-electron chi connectivity index (χ3n) is 4.91. The molecule has 0 fully saturated rings.